The van der Waals surface area contributed by atoms with Gasteiger partial charge in [0.25, 0.3) is 5.97 Å². The lowest BCUT2D eigenvalue weighted by molar-refractivity contribution is -0.274. The standard InChI is InChI=1S/C21H52O3Si4/c1-26(2,3)22-21(23-27(4,5)6,24-28(7,8)9)19-17-15-13-11-10-12-14-16-18-20-25/h10-20H2,1-9,25H3. The predicted molar refractivity (Wildman–Crippen MR) is 137 cm³/mol. The highest BCUT2D eigenvalue weighted by atomic mass is 28.4. The van der Waals surface area contributed by atoms with Crippen LogP contribution in [0.15, 0.2) is 0 Å². The van der Waals surface area contributed by atoms with Gasteiger partial charge < -0.3 is 13.3 Å². The van der Waals surface area contributed by atoms with Crippen molar-refractivity contribution in [1.29, 1.82) is 0 Å². The van der Waals surface area contributed by atoms with E-state index in [0.29, 0.717) is 0 Å². The maximum atomic E-state index is 6.63. The van der Waals surface area contributed by atoms with Crippen molar-refractivity contribution < 1.29 is 13.3 Å². The monoisotopic (exact) mass is 464 g/mol. The Hall–Kier alpha value is 0.748. The van der Waals surface area contributed by atoms with Gasteiger partial charge in [-0.1, -0.05) is 57.4 Å². The Labute approximate surface area is 183 Å². The SMILES string of the molecule is C[Si](C)(C)OC(CCCCCCCCCCC[SiH3])(O[Si](C)(C)C)O[Si](C)(C)C. The highest BCUT2D eigenvalue weighted by Crippen LogP contribution is 2.33. The third-order valence-corrected chi connectivity index (χ3v) is 7.70. The van der Waals surface area contributed by atoms with Gasteiger partial charge in [0.1, 0.15) is 0 Å². The molecule has 0 radical (unpaired) electrons. The smallest absolute Gasteiger partial charge is 0.254 e. The second-order valence-corrected chi connectivity index (χ2v) is 25.5. The molecule has 0 aromatic rings. The van der Waals surface area contributed by atoms with Gasteiger partial charge in [-0.2, -0.15) is 0 Å². The fraction of sp³-hybridized carbons (Fsp3) is 1.00. The van der Waals surface area contributed by atoms with Crippen LogP contribution >= 0.6 is 0 Å². The van der Waals surface area contributed by atoms with E-state index in [-0.39, 0.29) is 0 Å². The van der Waals surface area contributed by atoms with E-state index in [9.17, 15) is 0 Å². The molecule has 0 aliphatic heterocycles. The fourth-order valence-corrected chi connectivity index (χ4v) is 7.55. The minimum atomic E-state index is -1.79. The van der Waals surface area contributed by atoms with E-state index in [1.807, 2.05) is 0 Å². The summed E-state index contributed by atoms with van der Waals surface area (Å²) in [5, 5.41) is 0. The quantitative estimate of drug-likeness (QED) is 0.133. The summed E-state index contributed by atoms with van der Waals surface area (Å²) in [5.41, 5.74) is 0. The average molecular weight is 465 g/mol. The van der Waals surface area contributed by atoms with Crippen LogP contribution in [0.2, 0.25) is 65.0 Å². The molecule has 0 saturated heterocycles. The van der Waals surface area contributed by atoms with E-state index in [4.69, 9.17) is 13.3 Å². The van der Waals surface area contributed by atoms with Gasteiger partial charge in [0.15, 0.2) is 25.0 Å². The van der Waals surface area contributed by atoms with Gasteiger partial charge >= 0.3 is 0 Å². The molecule has 0 bridgehead atoms. The summed E-state index contributed by atoms with van der Waals surface area (Å²) >= 11 is 0. The molecule has 0 aliphatic rings. The van der Waals surface area contributed by atoms with Crippen LogP contribution in [-0.4, -0.2) is 41.2 Å². The van der Waals surface area contributed by atoms with Gasteiger partial charge in [0, 0.05) is 16.7 Å². The van der Waals surface area contributed by atoms with Crippen LogP contribution in [0, 0.1) is 0 Å². The van der Waals surface area contributed by atoms with Gasteiger partial charge in [-0.05, 0) is 65.3 Å². The zero-order chi connectivity index (χ0) is 21.9. The average Bonchev–Trinajstić information content (AvgIpc) is 2.43. The predicted octanol–water partition coefficient (Wildman–Crippen LogP) is 6.88. The van der Waals surface area contributed by atoms with Crippen molar-refractivity contribution in [3.8, 4) is 0 Å². The van der Waals surface area contributed by atoms with E-state index in [2.05, 4.69) is 58.9 Å². The summed E-state index contributed by atoms with van der Waals surface area (Å²) in [6.45, 7) is 20.2. The lowest BCUT2D eigenvalue weighted by Crippen LogP contribution is -2.55. The molecule has 0 N–H and O–H groups in total. The molecule has 28 heavy (non-hydrogen) atoms. The van der Waals surface area contributed by atoms with Crippen molar-refractivity contribution in [3.63, 3.8) is 0 Å². The largest absolute Gasteiger partial charge is 0.371 e. The zero-order valence-electron chi connectivity index (χ0n) is 21.0. The fourth-order valence-electron chi connectivity index (χ4n) is 3.44. The second-order valence-electron chi connectivity index (χ2n) is 11.3. The highest BCUT2D eigenvalue weighted by molar-refractivity contribution is 6.72. The Morgan fingerprint density at radius 1 is 0.500 bits per heavy atom. The molecular formula is C21H52O3Si4. The van der Waals surface area contributed by atoms with Gasteiger partial charge in [0.05, 0.1) is 0 Å². The molecule has 0 unspecified atom stereocenters. The molecule has 0 amide bonds. The molecular weight excluding hydrogens is 413 g/mol. The summed E-state index contributed by atoms with van der Waals surface area (Å²) in [5.74, 6) is -0.817. The summed E-state index contributed by atoms with van der Waals surface area (Å²) < 4.78 is 19.9. The summed E-state index contributed by atoms with van der Waals surface area (Å²) in [6.07, 6.45) is 13.1. The number of hydrogen-bond donors (Lipinski definition) is 0. The first-order valence-electron chi connectivity index (χ1n) is 11.8. The molecule has 0 saturated carbocycles. The van der Waals surface area contributed by atoms with E-state index in [0.717, 1.165) is 12.8 Å². The van der Waals surface area contributed by atoms with E-state index < -0.39 is 30.9 Å². The third-order valence-electron chi connectivity index (χ3n) is 4.22. The van der Waals surface area contributed by atoms with Crippen LogP contribution in [0.3, 0.4) is 0 Å². The Balaban J connectivity index is 4.66. The van der Waals surface area contributed by atoms with Gasteiger partial charge in [0.2, 0.25) is 0 Å². The summed E-state index contributed by atoms with van der Waals surface area (Å²) in [4.78, 5) is 0. The maximum absolute atomic E-state index is 6.63. The third kappa shape index (κ3) is 17.6. The Morgan fingerprint density at radius 2 is 0.786 bits per heavy atom. The topological polar surface area (TPSA) is 27.7 Å². The highest BCUT2D eigenvalue weighted by Gasteiger charge is 2.44. The van der Waals surface area contributed by atoms with Crippen molar-refractivity contribution in [3.05, 3.63) is 0 Å². The van der Waals surface area contributed by atoms with Gasteiger partial charge in [-0.15, -0.1) is 0 Å². The van der Waals surface area contributed by atoms with Crippen molar-refractivity contribution in [2.45, 2.75) is 135 Å². The molecule has 0 fully saturated rings. The van der Waals surface area contributed by atoms with Gasteiger partial charge in [-0.25, -0.2) is 0 Å². The first kappa shape index (κ1) is 28.7. The van der Waals surface area contributed by atoms with Crippen molar-refractivity contribution in [1.82, 2.24) is 0 Å². The van der Waals surface area contributed by atoms with Crippen molar-refractivity contribution in [2.75, 3.05) is 0 Å². The van der Waals surface area contributed by atoms with E-state index in [1.54, 1.807) is 0 Å². The first-order chi connectivity index (χ1) is 12.7. The minimum Gasteiger partial charge on any atom is -0.371 e. The number of hydrogen-bond acceptors (Lipinski definition) is 3. The first-order valence-corrected chi connectivity index (χ1v) is 23.4. The second kappa shape index (κ2) is 13.2. The molecule has 170 valence electrons. The normalized spacial score (nSPS) is 14.0. The van der Waals surface area contributed by atoms with Crippen LogP contribution < -0.4 is 0 Å². The Kier molecular flexibility index (Phi) is 13.6. The molecule has 0 spiro atoms. The van der Waals surface area contributed by atoms with E-state index in [1.165, 1.54) is 67.7 Å². The molecule has 0 aromatic carbocycles. The number of rotatable bonds is 17. The van der Waals surface area contributed by atoms with Crippen molar-refractivity contribution >= 4 is 35.2 Å². The lowest BCUT2D eigenvalue weighted by atomic mass is 10.1. The van der Waals surface area contributed by atoms with Crippen LogP contribution in [-0.2, 0) is 13.3 Å². The molecule has 0 atom stereocenters. The molecule has 7 heteroatoms. The maximum Gasteiger partial charge on any atom is 0.254 e. The van der Waals surface area contributed by atoms with Crippen LogP contribution in [0.1, 0.15) is 64.2 Å². The zero-order valence-corrected chi connectivity index (χ0v) is 26.0. The molecule has 0 heterocycles. The minimum absolute atomic E-state index is 0.817. The van der Waals surface area contributed by atoms with E-state index >= 15 is 0 Å². The molecule has 0 aromatic heterocycles. The van der Waals surface area contributed by atoms with Crippen molar-refractivity contribution in [2.24, 2.45) is 0 Å². The summed E-state index contributed by atoms with van der Waals surface area (Å²) in [7, 11) is -4.00. The number of unbranched alkanes of at least 4 members (excludes halogenated alkanes) is 8. The van der Waals surface area contributed by atoms with Crippen LogP contribution in [0.4, 0.5) is 0 Å². The lowest BCUT2D eigenvalue weighted by Gasteiger charge is -2.45. The molecule has 0 aliphatic carbocycles. The molecule has 3 nitrogen and oxygen atoms in total. The Bertz CT molecular complexity index is 357. The van der Waals surface area contributed by atoms with Crippen LogP contribution in [0.5, 0.6) is 0 Å². The summed E-state index contributed by atoms with van der Waals surface area (Å²) in [6, 6.07) is 1.47. The molecule has 0 rings (SSSR count). The Morgan fingerprint density at radius 3 is 1.07 bits per heavy atom. The van der Waals surface area contributed by atoms with Crippen LogP contribution in [0.25, 0.3) is 0 Å². The van der Waals surface area contributed by atoms with Gasteiger partial charge in [-0.3, -0.25) is 0 Å².